The summed E-state index contributed by atoms with van der Waals surface area (Å²) in [6.45, 7) is 1.36. The van der Waals surface area contributed by atoms with Crippen molar-refractivity contribution >= 4 is 11.7 Å². The molecular formula is C9H12N2O2. The molecule has 0 aromatic rings. The van der Waals surface area contributed by atoms with E-state index >= 15 is 0 Å². The van der Waals surface area contributed by atoms with Gasteiger partial charge in [0, 0.05) is 25.1 Å². The number of nitrogens with one attached hydrogen (secondary N) is 2. The molecule has 1 saturated heterocycles. The second-order valence-corrected chi connectivity index (χ2v) is 3.31. The number of amides is 1. The largest absolute Gasteiger partial charge is 0.379 e. The Kier molecular flexibility index (Phi) is 2.04. The normalized spacial score (nSPS) is 28.6. The number of allylic oxidation sites excluding steroid dienone is 1. The third-order valence-electron chi connectivity index (χ3n) is 2.41. The molecule has 0 atom stereocenters. The van der Waals surface area contributed by atoms with Crippen molar-refractivity contribution in [3.05, 3.63) is 11.3 Å². The van der Waals surface area contributed by atoms with Gasteiger partial charge in [-0.25, -0.2) is 0 Å². The molecule has 13 heavy (non-hydrogen) atoms. The van der Waals surface area contributed by atoms with Crippen LogP contribution in [0.4, 0.5) is 0 Å². The van der Waals surface area contributed by atoms with Gasteiger partial charge in [-0.1, -0.05) is 0 Å². The molecule has 1 heterocycles. The molecule has 2 rings (SSSR count). The number of carbonyl (C=O) groups excluding carboxylic acids is 2. The molecule has 1 saturated carbocycles. The summed E-state index contributed by atoms with van der Waals surface area (Å²) in [4.78, 5) is 22.7. The second kappa shape index (κ2) is 3.20. The van der Waals surface area contributed by atoms with E-state index in [1.165, 1.54) is 0 Å². The van der Waals surface area contributed by atoms with Gasteiger partial charge in [-0.3, -0.25) is 9.59 Å². The molecule has 4 nitrogen and oxygen atoms in total. The number of rotatable bonds is 0. The number of ketones is 1. The zero-order valence-electron chi connectivity index (χ0n) is 7.35. The van der Waals surface area contributed by atoms with E-state index in [2.05, 4.69) is 10.6 Å². The minimum Gasteiger partial charge on any atom is -0.379 e. The molecule has 1 aliphatic heterocycles. The van der Waals surface area contributed by atoms with E-state index in [1.54, 1.807) is 0 Å². The third-order valence-corrected chi connectivity index (χ3v) is 2.41. The SMILES string of the molecule is O=C1CCCC1=C1NCCNC1=O. The van der Waals surface area contributed by atoms with E-state index in [4.69, 9.17) is 0 Å². The lowest BCUT2D eigenvalue weighted by molar-refractivity contribution is -0.119. The summed E-state index contributed by atoms with van der Waals surface area (Å²) >= 11 is 0. The quantitative estimate of drug-likeness (QED) is 0.504. The van der Waals surface area contributed by atoms with Crippen LogP contribution in [0, 0.1) is 0 Å². The number of Topliss-reactive ketones (excluding diaryl/α,β-unsaturated/α-hetero) is 1. The number of carbonyl (C=O) groups is 2. The first-order valence-electron chi connectivity index (χ1n) is 4.57. The van der Waals surface area contributed by atoms with Gasteiger partial charge in [0.05, 0.1) is 0 Å². The van der Waals surface area contributed by atoms with E-state index < -0.39 is 0 Å². The molecule has 0 spiro atoms. The number of hydrogen-bond acceptors (Lipinski definition) is 3. The van der Waals surface area contributed by atoms with Crippen LogP contribution < -0.4 is 10.6 Å². The van der Waals surface area contributed by atoms with Crippen LogP contribution in [0.2, 0.25) is 0 Å². The van der Waals surface area contributed by atoms with Crippen LogP contribution in [0.3, 0.4) is 0 Å². The summed E-state index contributed by atoms with van der Waals surface area (Å²) < 4.78 is 0. The van der Waals surface area contributed by atoms with E-state index in [1.807, 2.05) is 0 Å². The van der Waals surface area contributed by atoms with E-state index in [9.17, 15) is 9.59 Å². The van der Waals surface area contributed by atoms with Gasteiger partial charge in [0.25, 0.3) is 5.91 Å². The maximum Gasteiger partial charge on any atom is 0.267 e. The number of hydrogen-bond donors (Lipinski definition) is 2. The molecule has 0 bridgehead atoms. The lowest BCUT2D eigenvalue weighted by Crippen LogP contribution is -2.44. The monoisotopic (exact) mass is 180 g/mol. The minimum absolute atomic E-state index is 0.125. The van der Waals surface area contributed by atoms with Crippen molar-refractivity contribution in [2.24, 2.45) is 0 Å². The van der Waals surface area contributed by atoms with Gasteiger partial charge in [-0.15, -0.1) is 0 Å². The Balaban J connectivity index is 2.29. The smallest absolute Gasteiger partial charge is 0.267 e. The van der Waals surface area contributed by atoms with E-state index in [-0.39, 0.29) is 11.7 Å². The van der Waals surface area contributed by atoms with Crippen molar-refractivity contribution in [1.29, 1.82) is 0 Å². The summed E-state index contributed by atoms with van der Waals surface area (Å²) in [7, 11) is 0. The summed E-state index contributed by atoms with van der Waals surface area (Å²) in [6, 6.07) is 0. The van der Waals surface area contributed by atoms with Gasteiger partial charge in [0.1, 0.15) is 5.70 Å². The van der Waals surface area contributed by atoms with E-state index in [0.717, 1.165) is 19.4 Å². The first-order valence-corrected chi connectivity index (χ1v) is 4.57. The van der Waals surface area contributed by atoms with Crippen LogP contribution in [0.5, 0.6) is 0 Å². The van der Waals surface area contributed by atoms with Crippen molar-refractivity contribution < 1.29 is 9.59 Å². The van der Waals surface area contributed by atoms with Crippen LogP contribution in [0.1, 0.15) is 19.3 Å². The van der Waals surface area contributed by atoms with Gasteiger partial charge >= 0.3 is 0 Å². The standard InChI is InChI=1S/C9H12N2O2/c12-7-3-1-2-6(7)8-9(13)11-5-4-10-8/h10H,1-5H2,(H,11,13). The van der Waals surface area contributed by atoms with Crippen molar-refractivity contribution in [2.75, 3.05) is 13.1 Å². The van der Waals surface area contributed by atoms with Crippen LogP contribution in [0.15, 0.2) is 11.3 Å². The third kappa shape index (κ3) is 1.43. The van der Waals surface area contributed by atoms with Gasteiger partial charge in [0.2, 0.25) is 0 Å². The topological polar surface area (TPSA) is 58.2 Å². The molecule has 0 radical (unpaired) electrons. The van der Waals surface area contributed by atoms with Gasteiger partial charge < -0.3 is 10.6 Å². The Morgan fingerprint density at radius 3 is 2.38 bits per heavy atom. The van der Waals surface area contributed by atoms with Crippen molar-refractivity contribution in [3.8, 4) is 0 Å². The summed E-state index contributed by atoms with van der Waals surface area (Å²) in [5.74, 6) is -0.00366. The molecule has 1 amide bonds. The van der Waals surface area contributed by atoms with Crippen LogP contribution in [-0.4, -0.2) is 24.8 Å². The molecule has 70 valence electrons. The number of piperazine rings is 1. The fourth-order valence-corrected chi connectivity index (χ4v) is 1.76. The maximum absolute atomic E-state index is 11.3. The average Bonchev–Trinajstić information content (AvgIpc) is 2.52. The summed E-state index contributed by atoms with van der Waals surface area (Å²) in [5, 5.41) is 5.71. The zero-order chi connectivity index (χ0) is 9.26. The predicted molar refractivity (Wildman–Crippen MR) is 46.9 cm³/mol. The second-order valence-electron chi connectivity index (χ2n) is 3.31. The molecule has 2 N–H and O–H groups in total. The average molecular weight is 180 g/mol. The molecule has 2 fully saturated rings. The molecule has 4 heteroatoms. The van der Waals surface area contributed by atoms with Gasteiger partial charge in [-0.2, -0.15) is 0 Å². The lowest BCUT2D eigenvalue weighted by atomic mass is 10.1. The Hall–Kier alpha value is -1.32. The molecule has 2 aliphatic rings. The summed E-state index contributed by atoms with van der Waals surface area (Å²) in [5.41, 5.74) is 1.20. The van der Waals surface area contributed by atoms with Crippen LogP contribution in [-0.2, 0) is 9.59 Å². The Bertz CT molecular complexity index is 294. The Labute approximate surface area is 76.4 Å². The predicted octanol–water partition coefficient (Wildman–Crippen LogP) is -0.287. The molecular weight excluding hydrogens is 168 g/mol. The van der Waals surface area contributed by atoms with Crippen molar-refractivity contribution in [3.63, 3.8) is 0 Å². The van der Waals surface area contributed by atoms with Crippen molar-refractivity contribution in [1.82, 2.24) is 10.6 Å². The minimum atomic E-state index is -0.128. The highest BCUT2D eigenvalue weighted by Gasteiger charge is 2.26. The molecule has 0 unspecified atom stereocenters. The zero-order valence-corrected chi connectivity index (χ0v) is 7.35. The first kappa shape index (κ1) is 8.29. The fraction of sp³-hybridized carbons (Fsp3) is 0.556. The maximum atomic E-state index is 11.3. The van der Waals surface area contributed by atoms with Crippen LogP contribution >= 0.6 is 0 Å². The molecule has 1 aliphatic carbocycles. The summed E-state index contributed by atoms with van der Waals surface area (Å²) in [6.07, 6.45) is 2.22. The highest BCUT2D eigenvalue weighted by molar-refractivity contribution is 6.06. The van der Waals surface area contributed by atoms with E-state index in [0.29, 0.717) is 24.2 Å². The van der Waals surface area contributed by atoms with Crippen LogP contribution in [0.25, 0.3) is 0 Å². The lowest BCUT2D eigenvalue weighted by Gasteiger charge is -2.18. The van der Waals surface area contributed by atoms with Gasteiger partial charge in [0.15, 0.2) is 5.78 Å². The highest BCUT2D eigenvalue weighted by Crippen LogP contribution is 2.23. The molecule has 0 aromatic heterocycles. The molecule has 0 aromatic carbocycles. The first-order chi connectivity index (χ1) is 6.29. The Morgan fingerprint density at radius 1 is 1.00 bits per heavy atom. The van der Waals surface area contributed by atoms with Gasteiger partial charge in [-0.05, 0) is 12.8 Å². The van der Waals surface area contributed by atoms with Crippen molar-refractivity contribution in [2.45, 2.75) is 19.3 Å². The highest BCUT2D eigenvalue weighted by atomic mass is 16.2. The fourth-order valence-electron chi connectivity index (χ4n) is 1.76. The Morgan fingerprint density at radius 2 is 1.77 bits per heavy atom.